The minimum absolute atomic E-state index is 0.0173. The number of urea groups is 1. The van der Waals surface area contributed by atoms with E-state index in [2.05, 4.69) is 20.5 Å². The third kappa shape index (κ3) is 5.85. The average molecular weight is 394 g/mol. The second kappa shape index (κ2) is 8.92. The molecule has 0 unspecified atom stereocenters. The Balaban J connectivity index is 1.58. The van der Waals surface area contributed by atoms with E-state index in [9.17, 15) is 18.0 Å². The molecule has 6 nitrogen and oxygen atoms in total. The van der Waals surface area contributed by atoms with Crippen LogP contribution in [0, 0.1) is 0 Å². The van der Waals surface area contributed by atoms with E-state index < -0.39 is 18.6 Å². The van der Waals surface area contributed by atoms with Crippen molar-refractivity contribution in [2.24, 2.45) is 0 Å². The van der Waals surface area contributed by atoms with Crippen LogP contribution in [-0.2, 0) is 17.7 Å². The average Bonchev–Trinajstić information content (AvgIpc) is 2.68. The van der Waals surface area contributed by atoms with Gasteiger partial charge in [0, 0.05) is 31.5 Å². The molecule has 1 aliphatic rings. The van der Waals surface area contributed by atoms with Crippen LogP contribution in [0.2, 0.25) is 0 Å². The number of ether oxygens (including phenoxy) is 1. The molecule has 0 atom stereocenters. The molecule has 1 aromatic heterocycles. The van der Waals surface area contributed by atoms with E-state index in [-0.39, 0.29) is 17.8 Å². The summed E-state index contributed by atoms with van der Waals surface area (Å²) in [5.41, 5.74) is 1.000. The standard InChI is InChI=1S/C19H21F3N4O2/c20-19(21,22)12-15-3-1-2-4-16(15)25-18(27)24-13-14-5-6-23-17(11-14)26-7-9-28-10-8-26/h1-6,11H,7-10,12-13H2,(H2,24,25,27). The highest BCUT2D eigenvalue weighted by molar-refractivity contribution is 5.90. The van der Waals surface area contributed by atoms with Gasteiger partial charge in [0.1, 0.15) is 5.82 Å². The van der Waals surface area contributed by atoms with Crippen molar-refractivity contribution in [2.45, 2.75) is 19.1 Å². The maximum atomic E-state index is 12.7. The molecule has 2 heterocycles. The first-order valence-corrected chi connectivity index (χ1v) is 8.88. The third-order valence-corrected chi connectivity index (χ3v) is 4.25. The number of alkyl halides is 3. The largest absolute Gasteiger partial charge is 0.393 e. The van der Waals surface area contributed by atoms with Gasteiger partial charge in [0.05, 0.1) is 19.6 Å². The summed E-state index contributed by atoms with van der Waals surface area (Å²) in [6.07, 6.45) is -3.78. The number of carbonyl (C=O) groups excluding carboxylic acids is 1. The van der Waals surface area contributed by atoms with Gasteiger partial charge in [-0.25, -0.2) is 9.78 Å². The molecular weight excluding hydrogens is 373 g/mol. The maximum absolute atomic E-state index is 12.7. The molecule has 28 heavy (non-hydrogen) atoms. The predicted molar refractivity (Wildman–Crippen MR) is 99.3 cm³/mol. The number of hydrogen-bond acceptors (Lipinski definition) is 4. The van der Waals surface area contributed by atoms with Crippen molar-refractivity contribution < 1.29 is 22.7 Å². The Morgan fingerprint density at radius 3 is 2.68 bits per heavy atom. The lowest BCUT2D eigenvalue weighted by molar-refractivity contribution is -0.127. The minimum Gasteiger partial charge on any atom is -0.378 e. The normalized spacial score (nSPS) is 14.6. The van der Waals surface area contributed by atoms with Crippen LogP contribution >= 0.6 is 0 Å². The number of para-hydroxylation sites is 1. The van der Waals surface area contributed by atoms with Crippen molar-refractivity contribution in [1.29, 1.82) is 0 Å². The SMILES string of the molecule is O=C(NCc1ccnc(N2CCOCC2)c1)Nc1ccccc1CC(F)(F)F. The van der Waals surface area contributed by atoms with Crippen LogP contribution in [0.4, 0.5) is 29.5 Å². The molecule has 3 rings (SSSR count). The Kier molecular flexibility index (Phi) is 6.35. The molecule has 150 valence electrons. The van der Waals surface area contributed by atoms with Gasteiger partial charge in [0.25, 0.3) is 0 Å². The molecule has 1 fully saturated rings. The van der Waals surface area contributed by atoms with Crippen molar-refractivity contribution in [3.8, 4) is 0 Å². The van der Waals surface area contributed by atoms with Crippen molar-refractivity contribution in [3.63, 3.8) is 0 Å². The smallest absolute Gasteiger partial charge is 0.378 e. The van der Waals surface area contributed by atoms with Gasteiger partial charge in [-0.15, -0.1) is 0 Å². The fraction of sp³-hybridized carbons (Fsp3) is 0.368. The monoisotopic (exact) mass is 394 g/mol. The summed E-state index contributed by atoms with van der Waals surface area (Å²) in [4.78, 5) is 18.6. The summed E-state index contributed by atoms with van der Waals surface area (Å²) < 4.78 is 43.3. The van der Waals surface area contributed by atoms with Gasteiger partial charge in [-0.3, -0.25) is 0 Å². The van der Waals surface area contributed by atoms with Crippen molar-refractivity contribution in [1.82, 2.24) is 10.3 Å². The zero-order valence-electron chi connectivity index (χ0n) is 15.1. The molecule has 1 aromatic carbocycles. The Bertz CT molecular complexity index is 808. The van der Waals surface area contributed by atoms with Gasteiger partial charge < -0.3 is 20.3 Å². The lowest BCUT2D eigenvalue weighted by Gasteiger charge is -2.28. The highest BCUT2D eigenvalue weighted by atomic mass is 19.4. The zero-order valence-corrected chi connectivity index (χ0v) is 15.1. The number of amides is 2. The number of anilines is 2. The molecule has 9 heteroatoms. The van der Waals surface area contributed by atoms with Crippen LogP contribution in [0.5, 0.6) is 0 Å². The number of aromatic nitrogens is 1. The third-order valence-electron chi connectivity index (χ3n) is 4.25. The van der Waals surface area contributed by atoms with Gasteiger partial charge in [0.2, 0.25) is 0 Å². The van der Waals surface area contributed by atoms with Crippen LogP contribution in [0.1, 0.15) is 11.1 Å². The topological polar surface area (TPSA) is 66.5 Å². The van der Waals surface area contributed by atoms with Crippen molar-refractivity contribution in [3.05, 3.63) is 53.7 Å². The van der Waals surface area contributed by atoms with Gasteiger partial charge in [-0.1, -0.05) is 18.2 Å². The second-order valence-electron chi connectivity index (χ2n) is 6.38. The molecule has 0 aliphatic carbocycles. The van der Waals surface area contributed by atoms with E-state index in [0.29, 0.717) is 13.2 Å². The first-order valence-electron chi connectivity index (χ1n) is 8.88. The Morgan fingerprint density at radius 2 is 1.93 bits per heavy atom. The van der Waals surface area contributed by atoms with Crippen molar-refractivity contribution >= 4 is 17.5 Å². The first kappa shape index (κ1) is 19.9. The molecule has 2 N–H and O–H groups in total. The molecule has 0 saturated carbocycles. The fourth-order valence-electron chi connectivity index (χ4n) is 2.90. The maximum Gasteiger partial charge on any atom is 0.393 e. The molecule has 0 spiro atoms. The van der Waals surface area contributed by atoms with E-state index in [1.165, 1.54) is 18.2 Å². The van der Waals surface area contributed by atoms with E-state index in [0.717, 1.165) is 24.5 Å². The molecule has 2 aromatic rings. The summed E-state index contributed by atoms with van der Waals surface area (Å²) in [6.45, 7) is 3.02. The van der Waals surface area contributed by atoms with Gasteiger partial charge in [-0.2, -0.15) is 13.2 Å². The quantitative estimate of drug-likeness (QED) is 0.816. The summed E-state index contributed by atoms with van der Waals surface area (Å²) in [5.74, 6) is 0.804. The highest BCUT2D eigenvalue weighted by Gasteiger charge is 2.29. The summed E-state index contributed by atoms with van der Waals surface area (Å²) >= 11 is 0. The molecular formula is C19H21F3N4O2. The minimum atomic E-state index is -4.35. The van der Waals surface area contributed by atoms with Crippen LogP contribution in [-0.4, -0.2) is 43.5 Å². The van der Waals surface area contributed by atoms with Crippen molar-refractivity contribution in [2.75, 3.05) is 36.5 Å². The van der Waals surface area contributed by atoms with Crippen LogP contribution in [0.3, 0.4) is 0 Å². The number of morpholine rings is 1. The lowest BCUT2D eigenvalue weighted by atomic mass is 10.1. The number of hydrogen-bond donors (Lipinski definition) is 2. The van der Waals surface area contributed by atoms with Crippen LogP contribution in [0.25, 0.3) is 0 Å². The van der Waals surface area contributed by atoms with E-state index in [1.54, 1.807) is 18.3 Å². The Labute approximate surface area is 160 Å². The number of halogens is 3. The zero-order chi connectivity index (χ0) is 20.0. The summed E-state index contributed by atoms with van der Waals surface area (Å²) in [5, 5.41) is 5.15. The van der Waals surface area contributed by atoms with Gasteiger partial charge in [0.15, 0.2) is 0 Å². The van der Waals surface area contributed by atoms with E-state index in [1.807, 2.05) is 6.07 Å². The molecule has 1 aliphatic heterocycles. The van der Waals surface area contributed by atoms with Crippen LogP contribution < -0.4 is 15.5 Å². The summed E-state index contributed by atoms with van der Waals surface area (Å²) in [7, 11) is 0. The van der Waals surface area contributed by atoms with E-state index >= 15 is 0 Å². The number of nitrogens with zero attached hydrogens (tertiary/aromatic N) is 2. The number of nitrogens with one attached hydrogen (secondary N) is 2. The lowest BCUT2D eigenvalue weighted by Crippen LogP contribution is -2.36. The van der Waals surface area contributed by atoms with E-state index in [4.69, 9.17) is 4.74 Å². The molecule has 0 bridgehead atoms. The highest BCUT2D eigenvalue weighted by Crippen LogP contribution is 2.26. The summed E-state index contributed by atoms with van der Waals surface area (Å²) in [6, 6.07) is 8.97. The molecule has 2 amide bonds. The number of benzene rings is 1. The fourth-order valence-corrected chi connectivity index (χ4v) is 2.90. The first-order chi connectivity index (χ1) is 13.4. The molecule has 1 saturated heterocycles. The predicted octanol–water partition coefficient (Wildman–Crippen LogP) is 3.34. The Morgan fingerprint density at radius 1 is 1.18 bits per heavy atom. The second-order valence-corrected chi connectivity index (χ2v) is 6.38. The number of rotatable bonds is 5. The van der Waals surface area contributed by atoms with Gasteiger partial charge >= 0.3 is 12.2 Å². The number of pyridine rings is 1. The molecule has 0 radical (unpaired) electrons. The van der Waals surface area contributed by atoms with Crippen LogP contribution in [0.15, 0.2) is 42.6 Å². The Hall–Kier alpha value is -2.81. The van der Waals surface area contributed by atoms with Gasteiger partial charge in [-0.05, 0) is 29.3 Å². The number of carbonyl (C=O) groups is 1.